The highest BCUT2D eigenvalue weighted by molar-refractivity contribution is 5.98. The first-order valence-corrected chi connectivity index (χ1v) is 13.0. The molecule has 2 aliphatic rings. The van der Waals surface area contributed by atoms with Gasteiger partial charge in [-0.05, 0) is 62.9 Å². The predicted octanol–water partition coefficient (Wildman–Crippen LogP) is 4.53. The third kappa shape index (κ3) is 6.63. The Morgan fingerprint density at radius 3 is 2.51 bits per heavy atom. The van der Waals surface area contributed by atoms with E-state index in [0.717, 1.165) is 18.4 Å². The van der Waals surface area contributed by atoms with Gasteiger partial charge in [-0.25, -0.2) is 4.79 Å². The monoisotopic (exact) mass is 486 g/mol. The molecule has 1 aromatic heterocycles. The smallest absolute Gasteiger partial charge is 0.374 e. The third-order valence-corrected chi connectivity index (χ3v) is 7.08. The molecule has 1 aliphatic heterocycles. The summed E-state index contributed by atoms with van der Waals surface area (Å²) in [7, 11) is 0. The summed E-state index contributed by atoms with van der Waals surface area (Å²) in [5.74, 6) is 0.581. The third-order valence-electron chi connectivity index (χ3n) is 7.08. The fourth-order valence-corrected chi connectivity index (χ4v) is 5.35. The first-order valence-electron chi connectivity index (χ1n) is 13.0. The van der Waals surface area contributed by atoms with Gasteiger partial charge in [0.2, 0.25) is 11.7 Å². The van der Waals surface area contributed by atoms with Crippen molar-refractivity contribution in [3.05, 3.63) is 30.0 Å². The molecule has 2 heterocycles. The number of fused-ring (bicyclic) bond motifs is 1. The zero-order chi connectivity index (χ0) is 24.6. The van der Waals surface area contributed by atoms with Crippen LogP contribution in [0, 0.1) is 11.8 Å². The highest BCUT2D eigenvalue weighted by atomic mass is 16.6. The zero-order valence-electron chi connectivity index (χ0n) is 20.8. The minimum absolute atomic E-state index is 0.00948. The van der Waals surface area contributed by atoms with Gasteiger partial charge in [0.1, 0.15) is 11.7 Å². The van der Waals surface area contributed by atoms with Crippen LogP contribution in [0.4, 0.5) is 5.69 Å². The van der Waals surface area contributed by atoms with E-state index in [2.05, 4.69) is 10.6 Å². The average Bonchev–Trinajstić information content (AvgIpc) is 3.53. The van der Waals surface area contributed by atoms with Crippen molar-refractivity contribution in [2.45, 2.75) is 64.5 Å². The van der Waals surface area contributed by atoms with Crippen molar-refractivity contribution in [3.63, 3.8) is 0 Å². The van der Waals surface area contributed by atoms with Gasteiger partial charge in [-0.15, -0.1) is 0 Å². The second-order valence-electron chi connectivity index (χ2n) is 9.48. The van der Waals surface area contributed by atoms with Crippen LogP contribution in [0.1, 0.15) is 62.9 Å². The molecule has 1 saturated carbocycles. The van der Waals surface area contributed by atoms with Gasteiger partial charge in [-0.2, -0.15) is 0 Å². The van der Waals surface area contributed by atoms with E-state index in [9.17, 15) is 9.59 Å². The maximum Gasteiger partial charge on any atom is 0.374 e. The van der Waals surface area contributed by atoms with Crippen LogP contribution in [0.2, 0.25) is 0 Å². The molecular formula is C27H38N2O6. The Kier molecular flexibility index (Phi) is 9.18. The molecule has 8 heteroatoms. The van der Waals surface area contributed by atoms with Crippen LogP contribution in [-0.4, -0.2) is 57.0 Å². The molecule has 1 aliphatic carbocycles. The number of hydrogen-bond acceptors (Lipinski definition) is 7. The van der Waals surface area contributed by atoms with E-state index in [0.29, 0.717) is 36.3 Å². The lowest BCUT2D eigenvalue weighted by Gasteiger charge is -2.30. The van der Waals surface area contributed by atoms with Crippen molar-refractivity contribution in [1.29, 1.82) is 0 Å². The van der Waals surface area contributed by atoms with Gasteiger partial charge >= 0.3 is 5.97 Å². The normalized spacial score (nSPS) is 21.0. The van der Waals surface area contributed by atoms with E-state index in [1.54, 1.807) is 18.2 Å². The molecule has 192 valence electrons. The minimum Gasteiger partial charge on any atom is -0.452 e. The van der Waals surface area contributed by atoms with Gasteiger partial charge in [0.05, 0.1) is 19.3 Å². The van der Waals surface area contributed by atoms with Gasteiger partial charge < -0.3 is 29.3 Å². The number of furan rings is 1. The molecule has 2 aromatic rings. The molecule has 2 N–H and O–H groups in total. The number of rotatable bonds is 11. The lowest BCUT2D eigenvalue weighted by molar-refractivity contribution is -0.119. The molecule has 0 spiro atoms. The maximum absolute atomic E-state index is 13.1. The highest BCUT2D eigenvalue weighted by Crippen LogP contribution is 2.36. The van der Waals surface area contributed by atoms with Gasteiger partial charge in [-0.1, -0.05) is 32.1 Å². The van der Waals surface area contributed by atoms with Crippen molar-refractivity contribution >= 4 is 28.5 Å². The fraction of sp³-hybridized carbons (Fsp3) is 0.630. The van der Waals surface area contributed by atoms with E-state index in [-0.39, 0.29) is 30.9 Å². The molecule has 0 bridgehead atoms. The van der Waals surface area contributed by atoms with Crippen LogP contribution in [0.3, 0.4) is 0 Å². The second kappa shape index (κ2) is 12.5. The lowest BCUT2D eigenvalue weighted by atomic mass is 9.76. The summed E-state index contributed by atoms with van der Waals surface area (Å²) < 4.78 is 22.0. The number of nitrogens with one attached hydrogen (secondary N) is 2. The topological polar surface area (TPSA) is 99.0 Å². The standard InChI is InChI=1S/C27H38N2O6/c1-3-32-16-21(17-33-4-2)34-27(31)24-15-19-14-20(10-11-23(19)35-24)29-26(30)25-22(12-13-28-25)18-8-6-5-7-9-18/h10-11,14-15,18,21-22,25,28H,3-9,12-13,16-17H2,1-2H3,(H,29,30)/t22?,25-/m0/s1. The second-order valence-corrected chi connectivity index (χ2v) is 9.48. The van der Waals surface area contributed by atoms with E-state index >= 15 is 0 Å². The predicted molar refractivity (Wildman–Crippen MR) is 134 cm³/mol. The SMILES string of the molecule is CCOCC(COCC)OC(=O)c1cc2cc(NC(=O)[C@H]3NCCC3C3CCCCC3)ccc2o1. The molecule has 1 amide bonds. The van der Waals surface area contributed by atoms with E-state index in [4.69, 9.17) is 18.6 Å². The zero-order valence-corrected chi connectivity index (χ0v) is 20.8. The largest absolute Gasteiger partial charge is 0.452 e. The summed E-state index contributed by atoms with van der Waals surface area (Å²) >= 11 is 0. The van der Waals surface area contributed by atoms with Crippen LogP contribution < -0.4 is 10.6 Å². The maximum atomic E-state index is 13.1. The molecule has 1 aromatic carbocycles. The Hall–Kier alpha value is -2.42. The first-order chi connectivity index (χ1) is 17.1. The van der Waals surface area contributed by atoms with Crippen LogP contribution in [0.25, 0.3) is 11.0 Å². The highest BCUT2D eigenvalue weighted by Gasteiger charge is 2.38. The first kappa shape index (κ1) is 25.7. The van der Waals surface area contributed by atoms with Crippen LogP contribution in [0.5, 0.6) is 0 Å². The van der Waals surface area contributed by atoms with Crippen molar-refractivity contribution < 1.29 is 28.2 Å². The van der Waals surface area contributed by atoms with E-state index < -0.39 is 12.1 Å². The van der Waals surface area contributed by atoms with E-state index in [1.165, 1.54) is 32.1 Å². The number of carbonyl (C=O) groups is 2. The Morgan fingerprint density at radius 2 is 1.80 bits per heavy atom. The molecule has 8 nitrogen and oxygen atoms in total. The van der Waals surface area contributed by atoms with Crippen molar-refractivity contribution in [2.75, 3.05) is 38.3 Å². The molecule has 1 unspecified atom stereocenters. The molecule has 2 atom stereocenters. The Morgan fingerprint density at radius 1 is 1.06 bits per heavy atom. The Bertz CT molecular complexity index is 975. The Labute approximate surface area is 207 Å². The van der Waals surface area contributed by atoms with Crippen molar-refractivity contribution in [1.82, 2.24) is 5.32 Å². The van der Waals surface area contributed by atoms with Crippen molar-refractivity contribution in [3.8, 4) is 0 Å². The molecule has 4 rings (SSSR count). The number of benzene rings is 1. The number of esters is 1. The summed E-state index contributed by atoms with van der Waals surface area (Å²) in [6.07, 6.45) is 6.86. The molecule has 1 saturated heterocycles. The van der Waals surface area contributed by atoms with Gasteiger partial charge in [0.25, 0.3) is 0 Å². The van der Waals surface area contributed by atoms with Gasteiger partial charge in [0, 0.05) is 24.3 Å². The van der Waals surface area contributed by atoms with Gasteiger partial charge in [0.15, 0.2) is 0 Å². The van der Waals surface area contributed by atoms with Gasteiger partial charge in [-0.3, -0.25) is 4.79 Å². The quantitative estimate of drug-likeness (QED) is 0.450. The molecule has 35 heavy (non-hydrogen) atoms. The average molecular weight is 487 g/mol. The lowest BCUT2D eigenvalue weighted by Crippen LogP contribution is -2.42. The summed E-state index contributed by atoms with van der Waals surface area (Å²) in [5.41, 5.74) is 1.24. The number of anilines is 1. The number of ether oxygens (including phenoxy) is 3. The molecular weight excluding hydrogens is 448 g/mol. The van der Waals surface area contributed by atoms with E-state index in [1.807, 2.05) is 19.9 Å². The summed E-state index contributed by atoms with van der Waals surface area (Å²) in [4.78, 5) is 25.8. The summed E-state index contributed by atoms with van der Waals surface area (Å²) in [5, 5.41) is 7.21. The molecule has 0 radical (unpaired) electrons. The van der Waals surface area contributed by atoms with Crippen LogP contribution >= 0.6 is 0 Å². The van der Waals surface area contributed by atoms with Crippen molar-refractivity contribution in [2.24, 2.45) is 11.8 Å². The van der Waals surface area contributed by atoms with Crippen LogP contribution in [-0.2, 0) is 19.0 Å². The Balaban J connectivity index is 1.39. The number of carbonyl (C=O) groups excluding carboxylic acids is 2. The number of amides is 1. The minimum atomic E-state index is -0.568. The van der Waals surface area contributed by atoms with Crippen LogP contribution in [0.15, 0.2) is 28.7 Å². The number of hydrogen-bond donors (Lipinski definition) is 2. The summed E-state index contributed by atoms with van der Waals surface area (Å²) in [6.45, 7) is 6.22. The molecule has 2 fully saturated rings. The fourth-order valence-electron chi connectivity index (χ4n) is 5.35. The summed E-state index contributed by atoms with van der Waals surface area (Å²) in [6, 6.07) is 6.88.